The zero-order valence-corrected chi connectivity index (χ0v) is 6.24. The first-order valence-electron chi connectivity index (χ1n) is 3.15. The van der Waals surface area contributed by atoms with E-state index in [1.54, 1.807) is 19.1 Å². The number of carboxylic acids is 1. The minimum atomic E-state index is -1.17. The maximum atomic E-state index is 10.5. The Morgan fingerprint density at radius 2 is 2.18 bits per heavy atom. The minimum Gasteiger partial charge on any atom is -0.481 e. The van der Waals surface area contributed by atoms with E-state index in [9.17, 15) is 9.59 Å². The monoisotopic (exact) mass is 158 g/mol. The molecule has 0 amide bonds. The standard InChI is InChI=1S/C7H10O4/c1-2-3-4-11-7(10)5-6(8)9/h2-3H,4-5H2,1H3,(H,8,9)/b3-2+. The third kappa shape index (κ3) is 6.57. The van der Waals surface area contributed by atoms with Crippen molar-refractivity contribution in [1.29, 1.82) is 0 Å². The molecule has 0 heterocycles. The van der Waals surface area contributed by atoms with E-state index in [1.165, 1.54) is 0 Å². The number of hydrogen-bond donors (Lipinski definition) is 1. The molecule has 0 aliphatic heterocycles. The number of hydrogen-bond acceptors (Lipinski definition) is 3. The summed E-state index contributed by atoms with van der Waals surface area (Å²) in [5, 5.41) is 8.12. The first-order chi connectivity index (χ1) is 5.16. The Balaban J connectivity index is 3.45. The number of carbonyl (C=O) groups is 2. The molecule has 0 aliphatic rings. The first kappa shape index (κ1) is 9.68. The molecule has 0 aromatic heterocycles. The van der Waals surface area contributed by atoms with Gasteiger partial charge in [-0.3, -0.25) is 9.59 Å². The quantitative estimate of drug-likeness (QED) is 0.369. The normalized spacial score (nSPS) is 9.91. The summed E-state index contributed by atoms with van der Waals surface area (Å²) >= 11 is 0. The molecule has 1 N–H and O–H groups in total. The summed E-state index contributed by atoms with van der Waals surface area (Å²) in [4.78, 5) is 20.4. The number of rotatable bonds is 4. The van der Waals surface area contributed by atoms with Crippen LogP contribution in [-0.4, -0.2) is 23.7 Å². The summed E-state index contributed by atoms with van der Waals surface area (Å²) in [5.74, 6) is -1.88. The molecule has 0 atom stereocenters. The van der Waals surface area contributed by atoms with E-state index in [4.69, 9.17) is 5.11 Å². The molecule has 0 unspecified atom stereocenters. The fraction of sp³-hybridized carbons (Fsp3) is 0.429. The number of ether oxygens (including phenoxy) is 1. The van der Waals surface area contributed by atoms with Gasteiger partial charge in [-0.2, -0.15) is 0 Å². The average Bonchev–Trinajstić information content (AvgIpc) is 1.86. The number of aliphatic carboxylic acids is 1. The highest BCUT2D eigenvalue weighted by atomic mass is 16.5. The highest BCUT2D eigenvalue weighted by molar-refractivity contribution is 5.90. The summed E-state index contributed by atoms with van der Waals surface area (Å²) in [6.07, 6.45) is 2.77. The molecule has 0 rings (SSSR count). The predicted octanol–water partition coefficient (Wildman–Crippen LogP) is 0.580. The molecule has 0 radical (unpaired) electrons. The third-order valence-corrected chi connectivity index (χ3v) is 0.872. The highest BCUT2D eigenvalue weighted by Crippen LogP contribution is 1.86. The molecule has 62 valence electrons. The van der Waals surface area contributed by atoms with Gasteiger partial charge in [0, 0.05) is 0 Å². The molecule has 0 aromatic carbocycles. The van der Waals surface area contributed by atoms with Crippen LogP contribution in [0.4, 0.5) is 0 Å². The van der Waals surface area contributed by atoms with Gasteiger partial charge < -0.3 is 9.84 Å². The van der Waals surface area contributed by atoms with Gasteiger partial charge in [-0.15, -0.1) is 0 Å². The van der Waals surface area contributed by atoms with Gasteiger partial charge >= 0.3 is 11.9 Å². The number of esters is 1. The molecular weight excluding hydrogens is 148 g/mol. The predicted molar refractivity (Wildman–Crippen MR) is 38.0 cm³/mol. The fourth-order valence-corrected chi connectivity index (χ4v) is 0.412. The minimum absolute atomic E-state index is 0.141. The van der Waals surface area contributed by atoms with Crippen molar-refractivity contribution >= 4 is 11.9 Å². The summed E-state index contributed by atoms with van der Waals surface area (Å²) in [7, 11) is 0. The van der Waals surface area contributed by atoms with Crippen LogP contribution in [-0.2, 0) is 14.3 Å². The van der Waals surface area contributed by atoms with Gasteiger partial charge in [0.2, 0.25) is 0 Å². The second kappa shape index (κ2) is 5.46. The van der Waals surface area contributed by atoms with Crippen LogP contribution in [0.2, 0.25) is 0 Å². The summed E-state index contributed by atoms with van der Waals surface area (Å²) in [6.45, 7) is 1.92. The van der Waals surface area contributed by atoms with Crippen molar-refractivity contribution in [2.24, 2.45) is 0 Å². The average molecular weight is 158 g/mol. The van der Waals surface area contributed by atoms with Crippen molar-refractivity contribution in [3.05, 3.63) is 12.2 Å². The molecule has 4 heteroatoms. The number of carboxylic acid groups (broad SMARTS) is 1. The van der Waals surface area contributed by atoms with Gasteiger partial charge in [-0.1, -0.05) is 12.2 Å². The first-order valence-corrected chi connectivity index (χ1v) is 3.15. The molecule has 0 saturated carbocycles. The smallest absolute Gasteiger partial charge is 0.317 e. The van der Waals surface area contributed by atoms with Gasteiger partial charge in [0.15, 0.2) is 0 Å². The Morgan fingerprint density at radius 3 is 2.64 bits per heavy atom. The highest BCUT2D eigenvalue weighted by Gasteiger charge is 2.06. The molecule has 0 aliphatic carbocycles. The lowest BCUT2D eigenvalue weighted by Crippen LogP contribution is -2.10. The van der Waals surface area contributed by atoms with Crippen molar-refractivity contribution in [2.45, 2.75) is 13.3 Å². The lowest BCUT2D eigenvalue weighted by molar-refractivity contribution is -0.150. The Labute approximate surface area is 64.5 Å². The van der Waals surface area contributed by atoms with Crippen molar-refractivity contribution in [3.8, 4) is 0 Å². The van der Waals surface area contributed by atoms with Crippen LogP contribution in [0.15, 0.2) is 12.2 Å². The summed E-state index contributed by atoms with van der Waals surface area (Å²) in [6, 6.07) is 0. The van der Waals surface area contributed by atoms with Crippen molar-refractivity contribution in [1.82, 2.24) is 0 Å². The lowest BCUT2D eigenvalue weighted by Gasteiger charge is -1.96. The van der Waals surface area contributed by atoms with E-state index >= 15 is 0 Å². The third-order valence-electron chi connectivity index (χ3n) is 0.872. The second-order valence-corrected chi connectivity index (χ2v) is 1.82. The van der Waals surface area contributed by atoms with Crippen LogP contribution in [0.1, 0.15) is 13.3 Å². The SMILES string of the molecule is C/C=C/COC(=O)CC(=O)O. The molecule has 0 bridgehead atoms. The van der Waals surface area contributed by atoms with E-state index in [0.29, 0.717) is 0 Å². The fourth-order valence-electron chi connectivity index (χ4n) is 0.412. The lowest BCUT2D eigenvalue weighted by atomic mass is 10.4. The van der Waals surface area contributed by atoms with E-state index in [2.05, 4.69) is 4.74 Å². The van der Waals surface area contributed by atoms with Crippen molar-refractivity contribution < 1.29 is 19.4 Å². The maximum absolute atomic E-state index is 10.5. The van der Waals surface area contributed by atoms with Crippen LogP contribution < -0.4 is 0 Å². The van der Waals surface area contributed by atoms with Crippen LogP contribution in [0, 0.1) is 0 Å². The topological polar surface area (TPSA) is 63.6 Å². The van der Waals surface area contributed by atoms with Gasteiger partial charge in [-0.25, -0.2) is 0 Å². The van der Waals surface area contributed by atoms with Gasteiger partial charge in [-0.05, 0) is 6.92 Å². The van der Waals surface area contributed by atoms with Crippen LogP contribution in [0.25, 0.3) is 0 Å². The maximum Gasteiger partial charge on any atom is 0.317 e. The van der Waals surface area contributed by atoms with E-state index in [-0.39, 0.29) is 6.61 Å². The number of allylic oxidation sites excluding steroid dienone is 1. The largest absolute Gasteiger partial charge is 0.481 e. The molecule has 4 nitrogen and oxygen atoms in total. The Kier molecular flexibility index (Phi) is 4.81. The molecule has 0 aromatic rings. The zero-order valence-electron chi connectivity index (χ0n) is 6.24. The summed E-state index contributed by atoms with van der Waals surface area (Å²) in [5.41, 5.74) is 0. The Bertz CT molecular complexity index is 171. The molecule has 0 fully saturated rings. The molecule has 0 saturated heterocycles. The van der Waals surface area contributed by atoms with Gasteiger partial charge in [0.25, 0.3) is 0 Å². The van der Waals surface area contributed by atoms with E-state index < -0.39 is 18.4 Å². The Hall–Kier alpha value is -1.32. The van der Waals surface area contributed by atoms with Crippen molar-refractivity contribution in [2.75, 3.05) is 6.61 Å². The summed E-state index contributed by atoms with van der Waals surface area (Å²) < 4.78 is 4.49. The van der Waals surface area contributed by atoms with E-state index in [0.717, 1.165) is 0 Å². The zero-order chi connectivity index (χ0) is 8.69. The van der Waals surface area contributed by atoms with Gasteiger partial charge in [0.05, 0.1) is 0 Å². The van der Waals surface area contributed by atoms with Crippen LogP contribution >= 0.6 is 0 Å². The molecular formula is C7H10O4. The molecule has 0 spiro atoms. The van der Waals surface area contributed by atoms with E-state index in [1.807, 2.05) is 0 Å². The Morgan fingerprint density at radius 1 is 1.55 bits per heavy atom. The molecule has 11 heavy (non-hydrogen) atoms. The second-order valence-electron chi connectivity index (χ2n) is 1.82. The van der Waals surface area contributed by atoms with Crippen molar-refractivity contribution in [3.63, 3.8) is 0 Å². The van der Waals surface area contributed by atoms with Crippen LogP contribution in [0.3, 0.4) is 0 Å². The van der Waals surface area contributed by atoms with Crippen LogP contribution in [0.5, 0.6) is 0 Å². The number of carbonyl (C=O) groups excluding carboxylic acids is 1. The van der Waals surface area contributed by atoms with Gasteiger partial charge in [0.1, 0.15) is 13.0 Å².